The summed E-state index contributed by atoms with van der Waals surface area (Å²) in [5.41, 5.74) is 1.02. The zero-order valence-electron chi connectivity index (χ0n) is 17.8. The number of nitrogens with zero attached hydrogens (tertiary/aromatic N) is 3. The van der Waals surface area contributed by atoms with Gasteiger partial charge >= 0.3 is 0 Å². The number of nitrogens with one attached hydrogen (secondary N) is 4. The summed E-state index contributed by atoms with van der Waals surface area (Å²) in [5, 5.41) is 27.9. The minimum Gasteiger partial charge on any atom is -0.493 e. The molecule has 1 saturated carbocycles. The van der Waals surface area contributed by atoms with Crippen LogP contribution in [0.1, 0.15) is 42.7 Å². The number of imidazole rings is 1. The molecule has 0 aromatic carbocycles. The van der Waals surface area contributed by atoms with Crippen molar-refractivity contribution in [1.29, 1.82) is 5.26 Å². The summed E-state index contributed by atoms with van der Waals surface area (Å²) in [6.45, 7) is 0.677. The molecule has 2 aromatic heterocycles. The second-order valence-corrected chi connectivity index (χ2v) is 8.40. The van der Waals surface area contributed by atoms with Crippen LogP contribution >= 0.6 is 0 Å². The van der Waals surface area contributed by atoms with E-state index in [4.69, 9.17) is 4.74 Å². The molecule has 2 fully saturated rings. The number of ether oxygens (including phenoxy) is 1. The first-order valence-electron chi connectivity index (χ1n) is 10.8. The molecule has 4 unspecified atom stereocenters. The first-order valence-corrected chi connectivity index (χ1v) is 10.8. The van der Waals surface area contributed by atoms with E-state index in [9.17, 15) is 20.0 Å². The average molecular weight is 441 g/mol. The molecular formula is C21H27N7O4. The Balaban J connectivity index is 1.44. The minimum atomic E-state index is -0.786. The number of H-pyrrole nitrogens is 1. The van der Waals surface area contributed by atoms with Crippen LogP contribution in [0, 0.1) is 23.2 Å². The SMILES string of the molecule is COc1cncc2[nH]c(C(=O)NC(CC3CC3)C(=O)NC(C#N)CC3CCNC3O)nc12. The van der Waals surface area contributed by atoms with E-state index in [1.54, 1.807) is 6.20 Å². The first-order chi connectivity index (χ1) is 15.5. The second kappa shape index (κ2) is 9.50. The zero-order chi connectivity index (χ0) is 22.7. The van der Waals surface area contributed by atoms with Gasteiger partial charge in [0.15, 0.2) is 11.6 Å². The topological polar surface area (TPSA) is 165 Å². The molecule has 3 heterocycles. The maximum absolute atomic E-state index is 13.0. The number of aromatic nitrogens is 3. The minimum absolute atomic E-state index is 0.0527. The van der Waals surface area contributed by atoms with Gasteiger partial charge in [-0.05, 0) is 31.7 Å². The number of methoxy groups -OCH3 is 1. The van der Waals surface area contributed by atoms with E-state index < -0.39 is 30.1 Å². The molecule has 1 aliphatic carbocycles. The van der Waals surface area contributed by atoms with Crippen molar-refractivity contribution in [3.8, 4) is 11.8 Å². The zero-order valence-corrected chi connectivity index (χ0v) is 17.8. The standard InChI is InChI=1S/C21H27N7O4/c1-32-16-10-23-9-15-17(16)28-18(26-15)21(31)27-14(6-11-2-3-11)20(30)25-13(8-22)7-12-4-5-24-19(12)29/h9-14,19,24,29H,2-7H2,1H3,(H,25,30)(H,26,28)(H,27,31). The summed E-state index contributed by atoms with van der Waals surface area (Å²) in [4.78, 5) is 37.0. The van der Waals surface area contributed by atoms with E-state index >= 15 is 0 Å². The number of aliphatic hydroxyl groups excluding tert-OH is 1. The Kier molecular flexibility index (Phi) is 6.53. The number of aromatic amines is 1. The highest BCUT2D eigenvalue weighted by atomic mass is 16.5. The monoisotopic (exact) mass is 441 g/mol. The van der Waals surface area contributed by atoms with Gasteiger partial charge in [-0.2, -0.15) is 5.26 Å². The number of carbonyl (C=O) groups excluding carboxylic acids is 2. The van der Waals surface area contributed by atoms with Crippen LogP contribution in [0.3, 0.4) is 0 Å². The Hall–Kier alpha value is -3.23. The number of rotatable bonds is 9. The van der Waals surface area contributed by atoms with Crippen LogP contribution in [0.2, 0.25) is 0 Å². The molecule has 2 aromatic rings. The molecule has 0 radical (unpaired) electrons. The number of pyridine rings is 1. The molecule has 0 bridgehead atoms. The molecule has 4 rings (SSSR count). The van der Waals surface area contributed by atoms with Crippen molar-refractivity contribution < 1.29 is 19.4 Å². The van der Waals surface area contributed by atoms with Gasteiger partial charge in [0.25, 0.3) is 5.91 Å². The third kappa shape index (κ3) is 4.98. The molecule has 11 heteroatoms. The van der Waals surface area contributed by atoms with Gasteiger partial charge in [0.1, 0.15) is 23.8 Å². The highest BCUT2D eigenvalue weighted by molar-refractivity contribution is 5.97. The molecule has 11 nitrogen and oxygen atoms in total. The summed E-state index contributed by atoms with van der Waals surface area (Å²) in [7, 11) is 1.49. The van der Waals surface area contributed by atoms with Gasteiger partial charge in [0.05, 0.1) is 31.1 Å². The molecule has 2 aliphatic rings. The van der Waals surface area contributed by atoms with Crippen LogP contribution in [0.15, 0.2) is 12.4 Å². The van der Waals surface area contributed by atoms with Crippen LogP contribution < -0.4 is 20.7 Å². The van der Waals surface area contributed by atoms with Crippen molar-refractivity contribution in [2.24, 2.45) is 11.8 Å². The van der Waals surface area contributed by atoms with Crippen molar-refractivity contribution in [2.75, 3.05) is 13.7 Å². The lowest BCUT2D eigenvalue weighted by Crippen LogP contribution is -2.50. The van der Waals surface area contributed by atoms with Gasteiger partial charge in [-0.3, -0.25) is 19.9 Å². The Morgan fingerprint density at radius 1 is 1.31 bits per heavy atom. The summed E-state index contributed by atoms with van der Waals surface area (Å²) in [5.74, 6) is -0.175. The summed E-state index contributed by atoms with van der Waals surface area (Å²) < 4.78 is 5.23. The van der Waals surface area contributed by atoms with Crippen molar-refractivity contribution in [1.82, 2.24) is 30.9 Å². The van der Waals surface area contributed by atoms with Gasteiger partial charge in [-0.15, -0.1) is 0 Å². The number of hydrogen-bond donors (Lipinski definition) is 5. The smallest absolute Gasteiger partial charge is 0.287 e. The number of hydrogen-bond acceptors (Lipinski definition) is 8. The van der Waals surface area contributed by atoms with Gasteiger partial charge in [0.2, 0.25) is 5.91 Å². The van der Waals surface area contributed by atoms with Crippen molar-refractivity contribution in [3.63, 3.8) is 0 Å². The third-order valence-electron chi connectivity index (χ3n) is 6.01. The van der Waals surface area contributed by atoms with E-state index in [-0.39, 0.29) is 11.7 Å². The third-order valence-corrected chi connectivity index (χ3v) is 6.01. The molecule has 5 N–H and O–H groups in total. The molecule has 2 amide bonds. The Bertz CT molecular complexity index is 1030. The van der Waals surface area contributed by atoms with Gasteiger partial charge < -0.3 is 25.5 Å². The number of carbonyl (C=O) groups is 2. The Morgan fingerprint density at radius 2 is 2.12 bits per heavy atom. The van der Waals surface area contributed by atoms with Gasteiger partial charge in [-0.25, -0.2) is 4.98 Å². The first kappa shape index (κ1) is 22.0. The maximum atomic E-state index is 13.0. The van der Waals surface area contributed by atoms with E-state index in [1.165, 1.54) is 13.3 Å². The fourth-order valence-corrected chi connectivity index (χ4v) is 4.02. The predicted octanol–water partition coefficient (Wildman–Crippen LogP) is 0.191. The summed E-state index contributed by atoms with van der Waals surface area (Å²) in [6, 6.07) is 0.562. The quantitative estimate of drug-likeness (QED) is 0.368. The van der Waals surface area contributed by atoms with Gasteiger partial charge in [0, 0.05) is 5.92 Å². The molecular weight excluding hydrogens is 414 g/mol. The fraction of sp³-hybridized carbons (Fsp3) is 0.571. The maximum Gasteiger partial charge on any atom is 0.287 e. The second-order valence-electron chi connectivity index (χ2n) is 8.40. The van der Waals surface area contributed by atoms with Crippen LogP contribution in [-0.4, -0.2) is 63.8 Å². The lowest BCUT2D eigenvalue weighted by Gasteiger charge is -2.22. The molecule has 0 spiro atoms. The highest BCUT2D eigenvalue weighted by Gasteiger charge is 2.33. The Labute approximate surface area is 184 Å². The predicted molar refractivity (Wildman–Crippen MR) is 113 cm³/mol. The highest BCUT2D eigenvalue weighted by Crippen LogP contribution is 2.33. The number of amides is 2. The Morgan fingerprint density at radius 3 is 2.78 bits per heavy atom. The van der Waals surface area contributed by atoms with Crippen molar-refractivity contribution in [2.45, 2.75) is 50.4 Å². The molecule has 4 atom stereocenters. The van der Waals surface area contributed by atoms with Crippen LogP contribution in [0.25, 0.3) is 11.0 Å². The fourth-order valence-electron chi connectivity index (χ4n) is 4.02. The molecule has 1 aliphatic heterocycles. The average Bonchev–Trinajstić information content (AvgIpc) is 3.35. The number of nitriles is 1. The van der Waals surface area contributed by atoms with Crippen LogP contribution in [-0.2, 0) is 4.79 Å². The summed E-state index contributed by atoms with van der Waals surface area (Å²) in [6.07, 6.45) is 5.97. The van der Waals surface area contributed by atoms with E-state index in [2.05, 4.69) is 37.0 Å². The number of aliphatic hydroxyl groups is 1. The van der Waals surface area contributed by atoms with E-state index in [0.717, 1.165) is 19.3 Å². The normalized spacial score (nSPS) is 22.2. The lowest BCUT2D eigenvalue weighted by atomic mass is 9.98. The van der Waals surface area contributed by atoms with Crippen molar-refractivity contribution in [3.05, 3.63) is 18.2 Å². The van der Waals surface area contributed by atoms with E-state index in [0.29, 0.717) is 42.1 Å². The van der Waals surface area contributed by atoms with Crippen molar-refractivity contribution >= 4 is 22.8 Å². The van der Waals surface area contributed by atoms with Gasteiger partial charge in [-0.1, -0.05) is 12.8 Å². The molecule has 1 saturated heterocycles. The number of fused-ring (bicyclic) bond motifs is 1. The molecule has 32 heavy (non-hydrogen) atoms. The molecule has 170 valence electrons. The van der Waals surface area contributed by atoms with E-state index in [1.807, 2.05) is 0 Å². The van der Waals surface area contributed by atoms with Crippen LogP contribution in [0.4, 0.5) is 0 Å². The largest absolute Gasteiger partial charge is 0.493 e. The summed E-state index contributed by atoms with van der Waals surface area (Å²) >= 11 is 0. The lowest BCUT2D eigenvalue weighted by molar-refractivity contribution is -0.123. The van der Waals surface area contributed by atoms with Crippen LogP contribution in [0.5, 0.6) is 5.75 Å².